The van der Waals surface area contributed by atoms with Crippen molar-refractivity contribution in [3.8, 4) is 45.2 Å². The van der Waals surface area contributed by atoms with Gasteiger partial charge in [-0.05, 0) is 30.3 Å². The Kier molecular flexibility index (Phi) is 5.78. The van der Waals surface area contributed by atoms with Crippen LogP contribution in [0.4, 0.5) is 0 Å². The highest BCUT2D eigenvalue weighted by Crippen LogP contribution is 2.41. The van der Waals surface area contributed by atoms with Crippen molar-refractivity contribution in [3.05, 3.63) is 152 Å². The molecule has 3 aromatic heterocycles. The van der Waals surface area contributed by atoms with E-state index < -0.39 is 0 Å². The first-order valence-electron chi connectivity index (χ1n) is 15.0. The van der Waals surface area contributed by atoms with Gasteiger partial charge in [-0.3, -0.25) is 0 Å². The number of para-hydroxylation sites is 2. The largest absolute Gasteiger partial charge is 0.456 e. The third kappa shape index (κ3) is 4.27. The fraction of sp³-hybridized carbons (Fsp3) is 0. The van der Waals surface area contributed by atoms with E-state index in [0.29, 0.717) is 5.82 Å². The molecule has 9 aromatic rings. The summed E-state index contributed by atoms with van der Waals surface area (Å²) >= 11 is 0. The molecular weight excluding hydrogens is 550 g/mol. The zero-order valence-electron chi connectivity index (χ0n) is 24.2. The maximum absolute atomic E-state index is 6.27. The number of rotatable bonds is 4. The Balaban J connectivity index is 1.22. The molecule has 4 nitrogen and oxygen atoms in total. The standard InChI is InChI=1S/C41H25N3O/c1-3-11-26(12-4-1)34-25-35(27-13-5-2-6-14-27)44-41(43-34)29-21-19-28(20-22-29)40-32-23-24-37-39(31-16-8-10-18-36(31)45-37)38(32)30-15-7-9-17-33(30)42-40/h1-25H. The lowest BCUT2D eigenvalue weighted by atomic mass is 9.96. The van der Waals surface area contributed by atoms with Crippen LogP contribution in [0.1, 0.15) is 0 Å². The number of nitrogens with zero attached hydrogens (tertiary/aromatic N) is 3. The molecule has 45 heavy (non-hydrogen) atoms. The summed E-state index contributed by atoms with van der Waals surface area (Å²) in [7, 11) is 0. The average molecular weight is 576 g/mol. The molecule has 0 spiro atoms. The van der Waals surface area contributed by atoms with E-state index >= 15 is 0 Å². The Hall–Kier alpha value is -6.13. The Bertz CT molecular complexity index is 2460. The van der Waals surface area contributed by atoms with Gasteiger partial charge in [-0.15, -0.1) is 0 Å². The summed E-state index contributed by atoms with van der Waals surface area (Å²) < 4.78 is 6.27. The number of aromatic nitrogens is 3. The van der Waals surface area contributed by atoms with Crippen LogP contribution in [0.25, 0.3) is 88.8 Å². The Morgan fingerprint density at radius 2 is 0.978 bits per heavy atom. The second-order valence-electron chi connectivity index (χ2n) is 11.2. The summed E-state index contributed by atoms with van der Waals surface area (Å²) in [5.74, 6) is 0.685. The molecule has 0 N–H and O–H groups in total. The Morgan fingerprint density at radius 3 is 1.69 bits per heavy atom. The summed E-state index contributed by atoms with van der Waals surface area (Å²) in [6.07, 6.45) is 0. The van der Waals surface area contributed by atoms with E-state index in [1.807, 2.05) is 54.6 Å². The van der Waals surface area contributed by atoms with E-state index in [4.69, 9.17) is 19.4 Å². The van der Waals surface area contributed by atoms with Gasteiger partial charge in [-0.1, -0.05) is 121 Å². The highest BCUT2D eigenvalue weighted by atomic mass is 16.3. The van der Waals surface area contributed by atoms with Crippen LogP contribution in [0.2, 0.25) is 0 Å². The third-order valence-electron chi connectivity index (χ3n) is 8.49. The first-order valence-corrected chi connectivity index (χ1v) is 15.0. The summed E-state index contributed by atoms with van der Waals surface area (Å²) in [5.41, 5.74) is 9.53. The van der Waals surface area contributed by atoms with Gasteiger partial charge in [0.25, 0.3) is 0 Å². The lowest BCUT2D eigenvalue weighted by Gasteiger charge is -2.12. The molecule has 0 radical (unpaired) electrons. The van der Waals surface area contributed by atoms with E-state index in [2.05, 4.69) is 97.1 Å². The normalized spacial score (nSPS) is 11.6. The van der Waals surface area contributed by atoms with Crippen LogP contribution in [-0.2, 0) is 0 Å². The number of furan rings is 1. The smallest absolute Gasteiger partial charge is 0.160 e. The fourth-order valence-corrected chi connectivity index (χ4v) is 6.34. The Labute approximate surface area is 259 Å². The van der Waals surface area contributed by atoms with Crippen molar-refractivity contribution >= 4 is 43.6 Å². The van der Waals surface area contributed by atoms with Crippen LogP contribution in [0.5, 0.6) is 0 Å². The van der Waals surface area contributed by atoms with E-state index in [1.165, 1.54) is 0 Å². The first kappa shape index (κ1) is 25.4. The van der Waals surface area contributed by atoms with Gasteiger partial charge < -0.3 is 4.42 Å². The van der Waals surface area contributed by atoms with Crippen molar-refractivity contribution in [2.75, 3.05) is 0 Å². The molecule has 0 unspecified atom stereocenters. The zero-order valence-corrected chi connectivity index (χ0v) is 24.2. The fourth-order valence-electron chi connectivity index (χ4n) is 6.34. The summed E-state index contributed by atoms with van der Waals surface area (Å²) in [6.45, 7) is 0. The van der Waals surface area contributed by atoms with Crippen LogP contribution in [0, 0.1) is 0 Å². The van der Waals surface area contributed by atoms with Gasteiger partial charge in [0.1, 0.15) is 11.2 Å². The molecule has 0 fully saturated rings. The molecule has 6 aromatic carbocycles. The van der Waals surface area contributed by atoms with E-state index in [0.717, 1.165) is 82.9 Å². The number of fused-ring (bicyclic) bond motifs is 7. The molecule has 3 heterocycles. The lowest BCUT2D eigenvalue weighted by molar-refractivity contribution is 0.669. The molecule has 0 amide bonds. The highest BCUT2D eigenvalue weighted by molar-refractivity contribution is 6.28. The van der Waals surface area contributed by atoms with Gasteiger partial charge in [0.15, 0.2) is 5.82 Å². The molecule has 9 rings (SSSR count). The quantitative estimate of drug-likeness (QED) is 0.196. The number of pyridine rings is 1. The van der Waals surface area contributed by atoms with Crippen molar-refractivity contribution in [2.45, 2.75) is 0 Å². The molecule has 0 atom stereocenters. The third-order valence-corrected chi connectivity index (χ3v) is 8.49. The first-order chi connectivity index (χ1) is 22.3. The highest BCUT2D eigenvalue weighted by Gasteiger charge is 2.18. The van der Waals surface area contributed by atoms with E-state index in [9.17, 15) is 0 Å². The minimum absolute atomic E-state index is 0.685. The number of hydrogen-bond acceptors (Lipinski definition) is 4. The van der Waals surface area contributed by atoms with Crippen LogP contribution < -0.4 is 0 Å². The van der Waals surface area contributed by atoms with Gasteiger partial charge in [0.05, 0.1) is 22.6 Å². The maximum atomic E-state index is 6.27. The molecular formula is C41H25N3O. The molecule has 0 saturated carbocycles. The predicted molar refractivity (Wildman–Crippen MR) is 184 cm³/mol. The van der Waals surface area contributed by atoms with Crippen LogP contribution in [0.3, 0.4) is 0 Å². The molecule has 4 heteroatoms. The molecule has 0 aliphatic heterocycles. The van der Waals surface area contributed by atoms with Gasteiger partial charge >= 0.3 is 0 Å². The minimum Gasteiger partial charge on any atom is -0.456 e. The molecule has 0 aliphatic carbocycles. The number of hydrogen-bond donors (Lipinski definition) is 0. The molecule has 0 saturated heterocycles. The molecule has 0 aliphatic rings. The average Bonchev–Trinajstić information content (AvgIpc) is 3.51. The van der Waals surface area contributed by atoms with Gasteiger partial charge in [0.2, 0.25) is 0 Å². The SMILES string of the molecule is c1ccc(-c2cc(-c3ccccc3)nc(-c3ccc(-c4nc5ccccc5c5c4ccc4oc6ccccc6c45)cc3)n2)cc1. The zero-order chi connectivity index (χ0) is 29.7. The summed E-state index contributed by atoms with van der Waals surface area (Å²) in [4.78, 5) is 15.2. The maximum Gasteiger partial charge on any atom is 0.160 e. The van der Waals surface area contributed by atoms with E-state index in [1.54, 1.807) is 0 Å². The van der Waals surface area contributed by atoms with Crippen molar-refractivity contribution in [1.29, 1.82) is 0 Å². The van der Waals surface area contributed by atoms with Crippen LogP contribution in [-0.4, -0.2) is 15.0 Å². The van der Waals surface area contributed by atoms with Crippen molar-refractivity contribution < 1.29 is 4.42 Å². The van der Waals surface area contributed by atoms with Crippen LogP contribution >= 0.6 is 0 Å². The number of benzene rings is 6. The second kappa shape index (κ2) is 10.2. The topological polar surface area (TPSA) is 51.8 Å². The van der Waals surface area contributed by atoms with Crippen LogP contribution in [0.15, 0.2) is 156 Å². The van der Waals surface area contributed by atoms with Crippen molar-refractivity contribution in [1.82, 2.24) is 15.0 Å². The van der Waals surface area contributed by atoms with E-state index in [-0.39, 0.29) is 0 Å². The second-order valence-corrected chi connectivity index (χ2v) is 11.2. The summed E-state index contributed by atoms with van der Waals surface area (Å²) in [5, 5.41) is 5.60. The molecule has 0 bridgehead atoms. The van der Waals surface area contributed by atoms with Gasteiger partial charge in [0, 0.05) is 49.2 Å². The summed E-state index contributed by atoms with van der Waals surface area (Å²) in [6, 6.07) is 51.9. The molecule has 210 valence electrons. The Morgan fingerprint density at radius 1 is 0.378 bits per heavy atom. The minimum atomic E-state index is 0.685. The van der Waals surface area contributed by atoms with Gasteiger partial charge in [-0.25, -0.2) is 15.0 Å². The van der Waals surface area contributed by atoms with Gasteiger partial charge in [-0.2, -0.15) is 0 Å². The lowest BCUT2D eigenvalue weighted by Crippen LogP contribution is -1.96. The van der Waals surface area contributed by atoms with Crippen molar-refractivity contribution in [2.24, 2.45) is 0 Å². The monoisotopic (exact) mass is 575 g/mol. The van der Waals surface area contributed by atoms with Crippen molar-refractivity contribution in [3.63, 3.8) is 0 Å². The predicted octanol–water partition coefficient (Wildman–Crippen LogP) is 10.7.